The molecule has 0 aliphatic heterocycles. The number of benzene rings is 1. The largest absolute Gasteiger partial charge is 0.0950 e. The average molecular weight is 234 g/mol. The Morgan fingerprint density at radius 3 is 2.43 bits per heavy atom. The van der Waals surface area contributed by atoms with Gasteiger partial charge in [-0.05, 0) is 6.42 Å². The van der Waals surface area contributed by atoms with E-state index in [2.05, 4.69) is 55.1 Å². The maximum Gasteiger partial charge on any atom is 0.0950 e. The molecule has 1 aliphatic rings. The Balaban J connectivity index is 0.000000980. The molecule has 0 saturated heterocycles. The maximum absolute atomic E-state index is 2.41. The minimum Gasteiger partial charge on any atom is -0.0809 e. The summed E-state index contributed by atoms with van der Waals surface area (Å²) in [6, 6.07) is 10.9. The van der Waals surface area contributed by atoms with Crippen LogP contribution in [0.1, 0.15) is 6.42 Å². The van der Waals surface area contributed by atoms with Gasteiger partial charge in [-0.2, -0.15) is 0 Å². The van der Waals surface area contributed by atoms with Crippen molar-refractivity contribution in [2.75, 3.05) is 0 Å². The Bertz CT molecular complexity index is 341. The van der Waals surface area contributed by atoms with Gasteiger partial charge in [-0.1, -0.05) is 65.5 Å². The molecule has 0 heterocycles. The summed E-state index contributed by atoms with van der Waals surface area (Å²) >= 11 is 0. The molecule has 1 aromatic rings. The quantitative estimate of drug-likeness (QED) is 0.688. The van der Waals surface area contributed by atoms with Crippen LogP contribution >= 0.6 is 0 Å². The van der Waals surface area contributed by atoms with Gasteiger partial charge in [-0.25, -0.2) is 0 Å². The third kappa shape index (κ3) is 2.57. The van der Waals surface area contributed by atoms with E-state index in [0.29, 0.717) is 0 Å². The summed E-state index contributed by atoms with van der Waals surface area (Å²) in [6.07, 6.45) is 7.91. The van der Waals surface area contributed by atoms with Crippen LogP contribution in [0.5, 0.6) is 0 Å². The summed E-state index contributed by atoms with van der Waals surface area (Å²) in [5.41, 5.74) is 0. The molecule has 1 atom stereocenters. The Labute approximate surface area is 102 Å². The zero-order valence-corrected chi connectivity index (χ0v) is 11.1. The summed E-state index contributed by atoms with van der Waals surface area (Å²) in [7, 11) is -0.814. The molecule has 0 saturated carbocycles. The Morgan fingerprint density at radius 2 is 1.86 bits per heavy atom. The van der Waals surface area contributed by atoms with Gasteiger partial charge in [0.1, 0.15) is 0 Å². The number of allylic oxidation sites excluding steroid dienone is 4. The molecule has 2 rings (SSSR count). The van der Waals surface area contributed by atoms with E-state index in [1.54, 1.807) is 10.4 Å². The van der Waals surface area contributed by atoms with E-state index in [9.17, 15) is 0 Å². The molecular weight excluding hydrogens is 220 g/mol. The SMILES string of the molecule is C[SiH](C1=CC=CC1)c1ccccc1.[Ti]. The second-order valence-electron chi connectivity index (χ2n) is 3.51. The normalized spacial score (nSPS) is 15.9. The molecule has 2 heteroatoms. The Morgan fingerprint density at radius 1 is 1.14 bits per heavy atom. The van der Waals surface area contributed by atoms with Gasteiger partial charge in [0, 0.05) is 21.7 Å². The summed E-state index contributed by atoms with van der Waals surface area (Å²) in [4.78, 5) is 0. The molecule has 0 radical (unpaired) electrons. The second kappa shape index (κ2) is 5.50. The van der Waals surface area contributed by atoms with E-state index < -0.39 is 8.80 Å². The van der Waals surface area contributed by atoms with Crippen molar-refractivity contribution in [3.63, 3.8) is 0 Å². The smallest absolute Gasteiger partial charge is 0.0809 e. The summed E-state index contributed by atoms with van der Waals surface area (Å²) < 4.78 is 0. The first-order valence-corrected chi connectivity index (χ1v) is 7.09. The van der Waals surface area contributed by atoms with Crippen molar-refractivity contribution < 1.29 is 21.7 Å². The van der Waals surface area contributed by atoms with E-state index in [0.717, 1.165) is 0 Å². The predicted octanol–water partition coefficient (Wildman–Crippen LogP) is 2.17. The fourth-order valence-electron chi connectivity index (χ4n) is 1.74. The van der Waals surface area contributed by atoms with E-state index in [1.807, 2.05) is 0 Å². The van der Waals surface area contributed by atoms with E-state index in [1.165, 1.54) is 6.42 Å². The zero-order chi connectivity index (χ0) is 9.10. The monoisotopic (exact) mass is 234 g/mol. The van der Waals surface area contributed by atoms with Crippen molar-refractivity contribution in [2.45, 2.75) is 13.0 Å². The predicted molar refractivity (Wildman–Crippen MR) is 60.9 cm³/mol. The summed E-state index contributed by atoms with van der Waals surface area (Å²) in [5, 5.41) is 3.21. The molecule has 1 aliphatic carbocycles. The van der Waals surface area contributed by atoms with Gasteiger partial charge in [-0.15, -0.1) is 0 Å². The summed E-state index contributed by atoms with van der Waals surface area (Å²) in [6.45, 7) is 2.41. The van der Waals surface area contributed by atoms with Gasteiger partial charge in [0.15, 0.2) is 0 Å². The zero-order valence-electron chi connectivity index (χ0n) is 8.40. The minimum atomic E-state index is -0.814. The first-order chi connectivity index (χ1) is 6.38. The van der Waals surface area contributed by atoms with E-state index in [4.69, 9.17) is 0 Å². The van der Waals surface area contributed by atoms with Gasteiger partial charge < -0.3 is 0 Å². The van der Waals surface area contributed by atoms with Gasteiger partial charge in [0.25, 0.3) is 0 Å². The summed E-state index contributed by atoms with van der Waals surface area (Å²) in [5.74, 6) is 0. The molecule has 0 aromatic heterocycles. The number of hydrogen-bond acceptors (Lipinski definition) is 0. The third-order valence-corrected chi connectivity index (χ3v) is 5.58. The molecule has 0 fully saturated rings. The maximum atomic E-state index is 2.41. The standard InChI is InChI=1S/C12H14Si.Ti/c1-13(12-9-5-6-10-12)11-7-3-2-4-8-11;/h2-9,13H,10H2,1H3;. The molecule has 1 unspecified atom stereocenters. The van der Waals surface area contributed by atoms with Crippen molar-refractivity contribution in [2.24, 2.45) is 0 Å². The average Bonchev–Trinajstić information content (AvgIpc) is 2.71. The topological polar surface area (TPSA) is 0 Å². The molecule has 14 heavy (non-hydrogen) atoms. The second-order valence-corrected chi connectivity index (χ2v) is 6.36. The Hall–Kier alpha value is -0.369. The van der Waals surface area contributed by atoms with Gasteiger partial charge >= 0.3 is 0 Å². The molecule has 0 bridgehead atoms. The van der Waals surface area contributed by atoms with Crippen LogP contribution < -0.4 is 5.19 Å². The van der Waals surface area contributed by atoms with Crippen molar-refractivity contribution in [1.82, 2.24) is 0 Å². The molecule has 0 nitrogen and oxygen atoms in total. The van der Waals surface area contributed by atoms with E-state index in [-0.39, 0.29) is 21.7 Å². The van der Waals surface area contributed by atoms with Crippen LogP contribution in [-0.2, 0) is 21.7 Å². The number of rotatable bonds is 2. The fraction of sp³-hybridized carbons (Fsp3) is 0.167. The first-order valence-electron chi connectivity index (χ1n) is 4.78. The van der Waals surface area contributed by atoms with Crippen LogP contribution in [0.15, 0.2) is 53.8 Å². The van der Waals surface area contributed by atoms with Crippen LogP contribution in [0.4, 0.5) is 0 Å². The van der Waals surface area contributed by atoms with Crippen LogP contribution in [-0.4, -0.2) is 8.80 Å². The van der Waals surface area contributed by atoms with Crippen LogP contribution in [0, 0.1) is 0 Å². The molecule has 0 N–H and O–H groups in total. The van der Waals surface area contributed by atoms with Crippen molar-refractivity contribution in [1.29, 1.82) is 0 Å². The van der Waals surface area contributed by atoms with Crippen molar-refractivity contribution in [3.05, 3.63) is 53.8 Å². The Kier molecular flexibility index (Phi) is 4.60. The van der Waals surface area contributed by atoms with Gasteiger partial charge in [-0.3, -0.25) is 0 Å². The number of hydrogen-bond donors (Lipinski definition) is 0. The molecule has 1 aromatic carbocycles. The first kappa shape index (κ1) is 11.7. The van der Waals surface area contributed by atoms with Gasteiger partial charge in [0.2, 0.25) is 0 Å². The van der Waals surface area contributed by atoms with Crippen LogP contribution in [0.25, 0.3) is 0 Å². The third-order valence-electron chi connectivity index (χ3n) is 2.66. The van der Waals surface area contributed by atoms with E-state index >= 15 is 0 Å². The van der Waals surface area contributed by atoms with Crippen LogP contribution in [0.3, 0.4) is 0 Å². The molecule has 0 amide bonds. The van der Waals surface area contributed by atoms with Crippen LogP contribution in [0.2, 0.25) is 6.55 Å². The fourth-order valence-corrected chi connectivity index (χ4v) is 3.86. The molecular formula is C12H14SiTi. The molecule has 70 valence electrons. The van der Waals surface area contributed by atoms with Crippen molar-refractivity contribution in [3.8, 4) is 0 Å². The van der Waals surface area contributed by atoms with Crippen molar-refractivity contribution >= 4 is 14.0 Å². The minimum absolute atomic E-state index is 0. The molecule has 0 spiro atoms. The van der Waals surface area contributed by atoms with Gasteiger partial charge in [0.05, 0.1) is 8.80 Å².